The van der Waals surface area contributed by atoms with Crippen LogP contribution < -0.4 is 11.1 Å². The summed E-state index contributed by atoms with van der Waals surface area (Å²) in [6, 6.07) is 0. The van der Waals surface area contributed by atoms with Crippen LogP contribution in [0.3, 0.4) is 0 Å². The second-order valence-electron chi connectivity index (χ2n) is 2.67. The second kappa shape index (κ2) is 8.56. The zero-order valence-corrected chi connectivity index (χ0v) is 9.12. The summed E-state index contributed by atoms with van der Waals surface area (Å²) in [6.07, 6.45) is 0.486. The third-order valence-electron chi connectivity index (χ3n) is 1.83. The Morgan fingerprint density at radius 3 is 2.31 bits per heavy atom. The van der Waals surface area contributed by atoms with Gasteiger partial charge in [0.25, 0.3) is 0 Å². The predicted octanol–water partition coefficient (Wildman–Crippen LogP) is -0.389. The second-order valence-corrected chi connectivity index (χ2v) is 2.67. The Balaban J connectivity index is 0. The minimum absolute atomic E-state index is 0. The molecule has 0 aromatic rings. The first-order chi connectivity index (χ1) is 5.34. The van der Waals surface area contributed by atoms with E-state index in [9.17, 15) is 4.79 Å². The number of rotatable bonds is 2. The van der Waals surface area contributed by atoms with Crippen molar-refractivity contribution in [2.24, 2.45) is 5.73 Å². The lowest BCUT2D eigenvalue weighted by molar-refractivity contribution is -0.131. The average Bonchev–Trinajstić information content (AvgIpc) is 2.07. The number of carbonyl (C=O) groups is 1. The van der Waals surface area contributed by atoms with Crippen LogP contribution in [0.4, 0.5) is 0 Å². The van der Waals surface area contributed by atoms with Crippen molar-refractivity contribution in [2.75, 3.05) is 32.7 Å². The smallest absolute Gasteiger partial charge is 0.223 e. The number of amides is 1. The number of halogens is 2. The molecule has 0 radical (unpaired) electrons. The molecular formula is C7H17Cl2N3O. The average molecular weight is 230 g/mol. The van der Waals surface area contributed by atoms with Crippen LogP contribution in [0.2, 0.25) is 0 Å². The van der Waals surface area contributed by atoms with Crippen molar-refractivity contribution in [3.8, 4) is 0 Å². The largest absolute Gasteiger partial charge is 0.340 e. The summed E-state index contributed by atoms with van der Waals surface area (Å²) in [6.45, 7) is 3.95. The molecule has 0 saturated carbocycles. The lowest BCUT2D eigenvalue weighted by Gasteiger charge is -2.27. The van der Waals surface area contributed by atoms with Crippen molar-refractivity contribution in [2.45, 2.75) is 6.42 Å². The van der Waals surface area contributed by atoms with E-state index in [2.05, 4.69) is 5.32 Å². The topological polar surface area (TPSA) is 58.4 Å². The van der Waals surface area contributed by atoms with Gasteiger partial charge in [0.2, 0.25) is 5.91 Å². The lowest BCUT2D eigenvalue weighted by atomic mass is 10.3. The molecule has 0 aromatic carbocycles. The van der Waals surface area contributed by atoms with Gasteiger partial charge in [-0.25, -0.2) is 0 Å². The normalized spacial score (nSPS) is 15.6. The molecule has 0 spiro atoms. The molecule has 1 amide bonds. The van der Waals surface area contributed by atoms with Crippen molar-refractivity contribution in [1.82, 2.24) is 10.2 Å². The first kappa shape index (κ1) is 15.4. The number of piperazine rings is 1. The molecule has 4 nitrogen and oxygen atoms in total. The number of carbonyl (C=O) groups excluding carboxylic acids is 1. The molecule has 0 aliphatic carbocycles. The molecular weight excluding hydrogens is 213 g/mol. The van der Waals surface area contributed by atoms with Crippen LogP contribution in [0.1, 0.15) is 6.42 Å². The summed E-state index contributed by atoms with van der Waals surface area (Å²) in [5.41, 5.74) is 5.27. The molecule has 1 heterocycles. The lowest BCUT2D eigenvalue weighted by Crippen LogP contribution is -2.46. The van der Waals surface area contributed by atoms with Gasteiger partial charge in [-0.2, -0.15) is 0 Å². The number of hydrogen-bond acceptors (Lipinski definition) is 3. The zero-order chi connectivity index (χ0) is 8.10. The summed E-state index contributed by atoms with van der Waals surface area (Å²) >= 11 is 0. The first-order valence-corrected chi connectivity index (χ1v) is 4.03. The highest BCUT2D eigenvalue weighted by molar-refractivity contribution is 5.85. The van der Waals surface area contributed by atoms with Gasteiger partial charge in [-0.3, -0.25) is 4.79 Å². The monoisotopic (exact) mass is 229 g/mol. The molecule has 0 atom stereocenters. The van der Waals surface area contributed by atoms with E-state index in [0.717, 1.165) is 26.2 Å². The Kier molecular flexibility index (Phi) is 10.2. The van der Waals surface area contributed by atoms with Crippen molar-refractivity contribution in [3.05, 3.63) is 0 Å². The third kappa shape index (κ3) is 5.31. The highest BCUT2D eigenvalue weighted by Crippen LogP contribution is 1.95. The standard InChI is InChI=1S/C7H15N3O.2ClH/c8-2-1-7(11)10-5-3-9-4-6-10;;/h9H,1-6,8H2;2*1H. The summed E-state index contributed by atoms with van der Waals surface area (Å²) in [5.74, 6) is 0.189. The Bertz CT molecular complexity index is 140. The van der Waals surface area contributed by atoms with Gasteiger partial charge in [-0.05, 0) is 0 Å². The Morgan fingerprint density at radius 1 is 1.31 bits per heavy atom. The van der Waals surface area contributed by atoms with Gasteiger partial charge < -0.3 is 16.0 Å². The van der Waals surface area contributed by atoms with Crippen LogP contribution in [0.15, 0.2) is 0 Å². The maximum absolute atomic E-state index is 11.2. The molecule has 1 aliphatic rings. The molecule has 1 rings (SSSR count). The fourth-order valence-electron chi connectivity index (χ4n) is 1.20. The van der Waals surface area contributed by atoms with E-state index in [4.69, 9.17) is 5.73 Å². The minimum atomic E-state index is 0. The van der Waals surface area contributed by atoms with Gasteiger partial charge in [-0.1, -0.05) is 0 Å². The number of nitrogens with two attached hydrogens (primary N) is 1. The van der Waals surface area contributed by atoms with Crippen molar-refractivity contribution in [1.29, 1.82) is 0 Å². The van der Waals surface area contributed by atoms with Crippen LogP contribution in [-0.2, 0) is 4.79 Å². The number of nitrogens with one attached hydrogen (secondary N) is 1. The first-order valence-electron chi connectivity index (χ1n) is 4.03. The quantitative estimate of drug-likeness (QED) is 0.679. The van der Waals surface area contributed by atoms with Gasteiger partial charge >= 0.3 is 0 Å². The van der Waals surface area contributed by atoms with Crippen LogP contribution >= 0.6 is 24.8 Å². The Morgan fingerprint density at radius 2 is 1.85 bits per heavy atom. The molecule has 13 heavy (non-hydrogen) atoms. The molecule has 0 bridgehead atoms. The summed E-state index contributed by atoms with van der Waals surface area (Å²) < 4.78 is 0. The fraction of sp³-hybridized carbons (Fsp3) is 0.857. The van der Waals surface area contributed by atoms with E-state index >= 15 is 0 Å². The van der Waals surface area contributed by atoms with Gasteiger partial charge in [0.05, 0.1) is 0 Å². The SMILES string of the molecule is Cl.Cl.NCCC(=O)N1CCNCC1. The highest BCUT2D eigenvalue weighted by Gasteiger charge is 2.14. The molecule has 0 aromatic heterocycles. The molecule has 3 N–H and O–H groups in total. The van der Waals surface area contributed by atoms with Gasteiger partial charge in [-0.15, -0.1) is 24.8 Å². The van der Waals surface area contributed by atoms with E-state index in [-0.39, 0.29) is 30.7 Å². The molecule has 0 unspecified atom stereocenters. The van der Waals surface area contributed by atoms with Gasteiger partial charge in [0.15, 0.2) is 0 Å². The summed E-state index contributed by atoms with van der Waals surface area (Å²) in [4.78, 5) is 13.1. The maximum Gasteiger partial charge on any atom is 0.223 e. The summed E-state index contributed by atoms with van der Waals surface area (Å²) in [7, 11) is 0. The van der Waals surface area contributed by atoms with Crippen LogP contribution in [0, 0.1) is 0 Å². The van der Waals surface area contributed by atoms with E-state index < -0.39 is 0 Å². The Hall–Kier alpha value is -0.0300. The number of hydrogen-bond donors (Lipinski definition) is 2. The predicted molar refractivity (Wildman–Crippen MR) is 57.6 cm³/mol. The molecule has 1 saturated heterocycles. The molecule has 1 aliphatic heterocycles. The van der Waals surface area contributed by atoms with Crippen molar-refractivity contribution < 1.29 is 4.79 Å². The van der Waals surface area contributed by atoms with E-state index in [1.54, 1.807) is 0 Å². The van der Waals surface area contributed by atoms with E-state index in [0.29, 0.717) is 13.0 Å². The third-order valence-corrected chi connectivity index (χ3v) is 1.83. The zero-order valence-electron chi connectivity index (χ0n) is 7.49. The van der Waals surface area contributed by atoms with E-state index in [1.807, 2.05) is 4.90 Å². The van der Waals surface area contributed by atoms with E-state index in [1.165, 1.54) is 0 Å². The maximum atomic E-state index is 11.2. The van der Waals surface area contributed by atoms with Crippen molar-refractivity contribution in [3.63, 3.8) is 0 Å². The van der Waals surface area contributed by atoms with Gasteiger partial charge in [0.1, 0.15) is 0 Å². The summed E-state index contributed by atoms with van der Waals surface area (Å²) in [5, 5.41) is 3.19. The van der Waals surface area contributed by atoms with Crippen molar-refractivity contribution >= 4 is 30.7 Å². The molecule has 6 heteroatoms. The van der Waals surface area contributed by atoms with Crippen LogP contribution in [-0.4, -0.2) is 43.5 Å². The van der Waals surface area contributed by atoms with Gasteiger partial charge in [0, 0.05) is 39.1 Å². The Labute approximate surface area is 91.0 Å². The van der Waals surface area contributed by atoms with Crippen LogP contribution in [0.25, 0.3) is 0 Å². The minimum Gasteiger partial charge on any atom is -0.340 e. The van der Waals surface area contributed by atoms with Crippen LogP contribution in [0.5, 0.6) is 0 Å². The fourth-order valence-corrected chi connectivity index (χ4v) is 1.20. The molecule has 80 valence electrons. The molecule has 1 fully saturated rings. The highest BCUT2D eigenvalue weighted by atomic mass is 35.5. The number of nitrogens with zero attached hydrogens (tertiary/aromatic N) is 1.